The van der Waals surface area contributed by atoms with Crippen molar-refractivity contribution in [2.24, 2.45) is 0 Å². The fourth-order valence-corrected chi connectivity index (χ4v) is 5.05. The molecule has 2 aromatic heterocycles. The first-order valence-corrected chi connectivity index (χ1v) is 11.2. The van der Waals surface area contributed by atoms with E-state index in [9.17, 15) is 9.59 Å². The number of aromatic carboxylic acids is 1. The molecule has 0 atom stereocenters. The molecular weight excluding hydrogens is 443 g/mol. The smallest absolute Gasteiger partial charge is 0.870 e. The number of carbonyl (C=O) groups excluding carboxylic acids is 1. The maximum atomic E-state index is 11.9. The summed E-state index contributed by atoms with van der Waals surface area (Å²) in [5.41, 5.74) is 6.05. The van der Waals surface area contributed by atoms with Crippen LogP contribution in [0.1, 0.15) is 51.6 Å². The fraction of sp³-hybridized carbons (Fsp3) is 0.308. The first kappa shape index (κ1) is 26.0. The van der Waals surface area contributed by atoms with E-state index in [1.54, 1.807) is 6.20 Å². The van der Waals surface area contributed by atoms with Crippen LogP contribution in [-0.2, 0) is 30.7 Å². The van der Waals surface area contributed by atoms with Gasteiger partial charge in [-0.2, -0.15) is 0 Å². The molecule has 7 nitrogen and oxygen atoms in total. The Morgan fingerprint density at radius 3 is 1.88 bits per heavy atom. The van der Waals surface area contributed by atoms with Crippen molar-refractivity contribution >= 4 is 33.7 Å². The van der Waals surface area contributed by atoms with Crippen LogP contribution in [0.3, 0.4) is 0 Å². The maximum Gasteiger partial charge on any atom is 1.00 e. The summed E-state index contributed by atoms with van der Waals surface area (Å²) in [5.74, 6) is -1.05. The molecule has 34 heavy (non-hydrogen) atoms. The quantitative estimate of drug-likeness (QED) is 0.364. The molecule has 0 aliphatic carbocycles. The van der Waals surface area contributed by atoms with Gasteiger partial charge in [0.2, 0.25) is 0 Å². The number of rotatable bonds is 3. The Bertz CT molecular complexity index is 1350. The zero-order valence-corrected chi connectivity index (χ0v) is 21.6. The Labute approximate surface area is 219 Å². The Balaban J connectivity index is 0.000000181. The average Bonchev–Trinajstić information content (AvgIpc) is 3.37. The third-order valence-corrected chi connectivity index (χ3v) is 6.38. The van der Waals surface area contributed by atoms with Gasteiger partial charge in [0.25, 0.3) is 0 Å². The predicted octanol–water partition coefficient (Wildman–Crippen LogP) is 1.88. The van der Waals surface area contributed by atoms with E-state index < -0.39 is 5.97 Å². The molecule has 4 heterocycles. The van der Waals surface area contributed by atoms with Crippen molar-refractivity contribution in [1.29, 1.82) is 0 Å². The zero-order valence-electron chi connectivity index (χ0n) is 19.6. The maximum absolute atomic E-state index is 11.9. The number of aromatic nitrogens is 2. The van der Waals surface area contributed by atoms with Crippen molar-refractivity contribution < 1.29 is 54.5 Å². The summed E-state index contributed by atoms with van der Waals surface area (Å²) in [6.07, 6.45) is 8.09. The van der Waals surface area contributed by atoms with Gasteiger partial charge in [0.15, 0.2) is 0 Å². The minimum atomic E-state index is -0.835. The van der Waals surface area contributed by atoms with Crippen LogP contribution >= 0.6 is 0 Å². The van der Waals surface area contributed by atoms with E-state index in [2.05, 4.69) is 21.3 Å². The Kier molecular flexibility index (Phi) is 8.25. The minimum absolute atomic E-state index is 0. The number of hydrogen-bond acceptors (Lipinski definition) is 4. The van der Waals surface area contributed by atoms with Crippen molar-refractivity contribution in [3.8, 4) is 0 Å². The summed E-state index contributed by atoms with van der Waals surface area (Å²) in [6.45, 7) is 4.18. The normalized spacial score (nSPS) is 13.3. The number of carboxylic acids is 1. The van der Waals surface area contributed by atoms with E-state index in [4.69, 9.17) is 9.84 Å². The Morgan fingerprint density at radius 1 is 0.882 bits per heavy atom. The molecule has 2 N–H and O–H groups in total. The summed E-state index contributed by atoms with van der Waals surface area (Å²) in [4.78, 5) is 22.9. The van der Waals surface area contributed by atoms with Crippen LogP contribution in [0.25, 0.3) is 21.8 Å². The number of carbonyl (C=O) groups is 2. The standard InChI is InChI=1S/C14H15NO2.C12H11NO2.Na.H2O/c1-2-17-14(16)12-9-15-8-4-6-10-5-3-7-11(12)13(10)15;14-12(15)10-7-13-6-2-4-8-3-1-5-9(10)11(8)13;;/h3,5,7,9H,2,4,6,8H2,1H3;1,3,5,7H,2,4,6H2,(H,14,15);;1H2/q;;+1;/p-1. The van der Waals surface area contributed by atoms with Gasteiger partial charge in [0.05, 0.1) is 28.8 Å². The van der Waals surface area contributed by atoms with Gasteiger partial charge >= 0.3 is 41.5 Å². The van der Waals surface area contributed by atoms with Crippen molar-refractivity contribution in [2.75, 3.05) is 6.61 Å². The molecule has 2 aromatic carbocycles. The van der Waals surface area contributed by atoms with Crippen LogP contribution in [0.2, 0.25) is 0 Å². The van der Waals surface area contributed by atoms with E-state index in [1.807, 2.05) is 37.4 Å². The summed E-state index contributed by atoms with van der Waals surface area (Å²) in [5, 5.41) is 11.0. The number of hydrogen-bond donors (Lipinski definition) is 1. The van der Waals surface area contributed by atoms with Crippen LogP contribution in [0.4, 0.5) is 0 Å². The van der Waals surface area contributed by atoms with Gasteiger partial charge in [-0.15, -0.1) is 0 Å². The van der Waals surface area contributed by atoms with Gasteiger partial charge in [0.1, 0.15) is 0 Å². The van der Waals surface area contributed by atoms with Crippen molar-refractivity contribution in [3.63, 3.8) is 0 Å². The van der Waals surface area contributed by atoms with E-state index in [1.165, 1.54) is 16.6 Å². The molecule has 2 aliphatic rings. The molecule has 4 aromatic rings. The Hall–Kier alpha value is -2.58. The van der Waals surface area contributed by atoms with Crippen molar-refractivity contribution in [2.45, 2.75) is 45.7 Å². The third-order valence-electron chi connectivity index (χ3n) is 6.38. The molecule has 0 amide bonds. The minimum Gasteiger partial charge on any atom is -0.870 e. The van der Waals surface area contributed by atoms with Crippen LogP contribution in [0.15, 0.2) is 48.8 Å². The number of ether oxygens (including phenoxy) is 1. The van der Waals surface area contributed by atoms with Crippen LogP contribution in [0.5, 0.6) is 0 Å². The molecular formula is C26H27N2NaO5. The Morgan fingerprint density at radius 2 is 1.38 bits per heavy atom. The first-order valence-electron chi connectivity index (χ1n) is 11.2. The molecule has 0 spiro atoms. The molecule has 172 valence electrons. The molecule has 0 bridgehead atoms. The van der Waals surface area contributed by atoms with Crippen LogP contribution in [-0.4, -0.2) is 38.3 Å². The monoisotopic (exact) mass is 470 g/mol. The molecule has 0 saturated heterocycles. The number of benzene rings is 2. The molecule has 2 aliphatic heterocycles. The molecule has 0 radical (unpaired) electrons. The SMILES string of the molecule is CCOC(=O)c1cn2c3c(cccc13)CCC2.O=C(O)c1cn2c3c(cccc13)CCC2.[Na+].[OH-]. The second-order valence-corrected chi connectivity index (χ2v) is 8.33. The van der Waals surface area contributed by atoms with Crippen LogP contribution in [0, 0.1) is 0 Å². The van der Waals surface area contributed by atoms with E-state index in [0.29, 0.717) is 17.7 Å². The molecule has 6 rings (SSSR count). The fourth-order valence-electron chi connectivity index (χ4n) is 5.05. The number of para-hydroxylation sites is 2. The third kappa shape index (κ3) is 4.53. The average molecular weight is 471 g/mol. The number of esters is 1. The molecule has 0 unspecified atom stereocenters. The molecule has 8 heteroatoms. The van der Waals surface area contributed by atoms with E-state index in [0.717, 1.165) is 55.1 Å². The van der Waals surface area contributed by atoms with Gasteiger partial charge in [-0.3, -0.25) is 0 Å². The van der Waals surface area contributed by atoms with E-state index >= 15 is 0 Å². The first-order chi connectivity index (χ1) is 15.6. The van der Waals surface area contributed by atoms with Gasteiger partial charge in [-0.1, -0.05) is 36.4 Å². The second kappa shape index (κ2) is 10.8. The van der Waals surface area contributed by atoms with Gasteiger partial charge in [-0.05, 0) is 43.7 Å². The predicted molar refractivity (Wildman–Crippen MR) is 125 cm³/mol. The van der Waals surface area contributed by atoms with Crippen molar-refractivity contribution in [1.82, 2.24) is 9.13 Å². The summed E-state index contributed by atoms with van der Waals surface area (Å²) < 4.78 is 9.35. The number of aryl methyl sites for hydroxylation is 4. The summed E-state index contributed by atoms with van der Waals surface area (Å²) in [6, 6.07) is 12.1. The number of carboxylic acid groups (broad SMARTS) is 1. The van der Waals surface area contributed by atoms with Gasteiger partial charge in [0, 0.05) is 36.3 Å². The summed E-state index contributed by atoms with van der Waals surface area (Å²) in [7, 11) is 0. The van der Waals surface area contributed by atoms with Crippen LogP contribution < -0.4 is 29.6 Å². The largest absolute Gasteiger partial charge is 1.00 e. The van der Waals surface area contributed by atoms with E-state index in [-0.39, 0.29) is 41.0 Å². The molecule has 0 saturated carbocycles. The zero-order chi connectivity index (χ0) is 22.2. The topological polar surface area (TPSA) is 103 Å². The van der Waals surface area contributed by atoms with Crippen molar-refractivity contribution in [3.05, 3.63) is 71.0 Å². The number of nitrogens with zero attached hydrogens (tertiary/aromatic N) is 2. The molecule has 0 fully saturated rings. The van der Waals surface area contributed by atoms with Gasteiger partial charge in [-0.25, -0.2) is 9.59 Å². The second-order valence-electron chi connectivity index (χ2n) is 8.33. The summed E-state index contributed by atoms with van der Waals surface area (Å²) >= 11 is 0. The van der Waals surface area contributed by atoms with Gasteiger partial charge < -0.3 is 24.5 Å².